The van der Waals surface area contributed by atoms with Crippen molar-refractivity contribution in [2.75, 3.05) is 13.2 Å². The lowest BCUT2D eigenvalue weighted by atomic mass is 10.0. The molecule has 0 radical (unpaired) electrons. The monoisotopic (exact) mass is 890 g/mol. The van der Waals surface area contributed by atoms with Gasteiger partial charge in [0.2, 0.25) is 5.91 Å². The van der Waals surface area contributed by atoms with Crippen molar-refractivity contribution < 1.29 is 24.5 Å². The maximum Gasteiger partial charge on any atom is 0.305 e. The molecule has 0 aliphatic heterocycles. The molecule has 0 saturated carbocycles. The van der Waals surface area contributed by atoms with Crippen LogP contribution >= 0.6 is 0 Å². The number of esters is 1. The van der Waals surface area contributed by atoms with E-state index in [1.54, 1.807) is 0 Å². The van der Waals surface area contributed by atoms with E-state index in [9.17, 15) is 19.8 Å². The zero-order chi connectivity index (χ0) is 45.8. The summed E-state index contributed by atoms with van der Waals surface area (Å²) in [7, 11) is 0. The molecule has 2 atom stereocenters. The van der Waals surface area contributed by atoms with Crippen LogP contribution < -0.4 is 5.32 Å². The largest absolute Gasteiger partial charge is 0.466 e. The Morgan fingerprint density at radius 1 is 0.429 bits per heavy atom. The Labute approximate surface area is 393 Å². The van der Waals surface area contributed by atoms with E-state index in [4.69, 9.17) is 4.74 Å². The van der Waals surface area contributed by atoms with E-state index >= 15 is 0 Å². The van der Waals surface area contributed by atoms with Crippen LogP contribution in [0.2, 0.25) is 0 Å². The molecule has 2 unspecified atom stereocenters. The summed E-state index contributed by atoms with van der Waals surface area (Å²) >= 11 is 0. The van der Waals surface area contributed by atoms with Gasteiger partial charge in [0, 0.05) is 12.8 Å². The Kier molecular flexibility index (Phi) is 52.0. The van der Waals surface area contributed by atoms with Crippen molar-refractivity contribution in [3.8, 4) is 0 Å². The van der Waals surface area contributed by atoms with Crippen LogP contribution in [0.4, 0.5) is 0 Å². The first kappa shape index (κ1) is 61.6. The van der Waals surface area contributed by atoms with E-state index in [1.165, 1.54) is 225 Å². The fourth-order valence-electron chi connectivity index (χ4n) is 8.93. The van der Waals surface area contributed by atoms with Gasteiger partial charge in [-0.2, -0.15) is 0 Å². The molecule has 1 amide bonds. The molecule has 0 aromatic carbocycles. The third kappa shape index (κ3) is 49.9. The third-order valence-electron chi connectivity index (χ3n) is 13.3. The number of allylic oxidation sites excluding steroid dienone is 2. The molecule has 0 fully saturated rings. The lowest BCUT2D eigenvalue weighted by Crippen LogP contribution is -2.45. The van der Waals surface area contributed by atoms with Crippen LogP contribution in [0.25, 0.3) is 0 Å². The average molecular weight is 891 g/mol. The van der Waals surface area contributed by atoms with Crippen LogP contribution in [0.15, 0.2) is 12.2 Å². The molecule has 3 N–H and O–H groups in total. The van der Waals surface area contributed by atoms with Crippen LogP contribution in [-0.2, 0) is 14.3 Å². The number of hydrogen-bond acceptors (Lipinski definition) is 5. The van der Waals surface area contributed by atoms with Crippen molar-refractivity contribution >= 4 is 11.9 Å². The highest BCUT2D eigenvalue weighted by atomic mass is 16.5. The summed E-state index contributed by atoms with van der Waals surface area (Å²) in [6, 6.07) is -0.556. The second kappa shape index (κ2) is 53.2. The summed E-state index contributed by atoms with van der Waals surface area (Å²) in [5.41, 5.74) is 0. The molecule has 6 heteroatoms. The van der Waals surface area contributed by atoms with Crippen molar-refractivity contribution in [3.63, 3.8) is 0 Å². The minimum absolute atomic E-state index is 0.0200. The van der Waals surface area contributed by atoms with Crippen molar-refractivity contribution in [1.82, 2.24) is 5.32 Å². The van der Waals surface area contributed by atoms with Gasteiger partial charge in [-0.05, 0) is 51.4 Å². The normalized spacial score (nSPS) is 12.6. The van der Waals surface area contributed by atoms with Gasteiger partial charge in [-0.25, -0.2) is 0 Å². The predicted octanol–water partition coefficient (Wildman–Crippen LogP) is 17.3. The number of hydrogen-bond donors (Lipinski definition) is 3. The van der Waals surface area contributed by atoms with Gasteiger partial charge in [-0.15, -0.1) is 0 Å². The van der Waals surface area contributed by atoms with Crippen LogP contribution in [-0.4, -0.2) is 47.4 Å². The summed E-state index contributed by atoms with van der Waals surface area (Å²) in [5.74, 6) is -0.0713. The molecule has 374 valence electrons. The predicted molar refractivity (Wildman–Crippen MR) is 273 cm³/mol. The molecule has 0 heterocycles. The van der Waals surface area contributed by atoms with Crippen molar-refractivity contribution in [1.29, 1.82) is 0 Å². The number of ether oxygens (including phenoxy) is 1. The number of amides is 1. The van der Waals surface area contributed by atoms with Crippen molar-refractivity contribution in [3.05, 3.63) is 12.2 Å². The van der Waals surface area contributed by atoms with Crippen molar-refractivity contribution in [2.45, 2.75) is 328 Å². The zero-order valence-electron chi connectivity index (χ0n) is 42.6. The molecule has 0 spiro atoms. The number of nitrogens with one attached hydrogen (secondary N) is 1. The molecule has 6 nitrogen and oxygen atoms in total. The smallest absolute Gasteiger partial charge is 0.305 e. The van der Waals surface area contributed by atoms with Crippen LogP contribution in [0.5, 0.6) is 0 Å². The van der Waals surface area contributed by atoms with Gasteiger partial charge in [0.25, 0.3) is 0 Å². The van der Waals surface area contributed by atoms with Gasteiger partial charge >= 0.3 is 5.97 Å². The molecule has 0 aliphatic rings. The van der Waals surface area contributed by atoms with Crippen LogP contribution in [0, 0.1) is 0 Å². The topological polar surface area (TPSA) is 95.9 Å². The standard InChI is InChI=1S/C57H111NO5/c1-3-5-7-9-11-13-15-17-19-21-22-23-24-26-29-33-37-41-45-49-55(60)54(53-59)58-56(61)50-46-42-38-34-30-28-32-36-40-44-48-52-63-57(62)51-47-43-39-35-31-27-25-20-18-16-14-12-10-8-6-4-2/h20,25,54-55,59-60H,3-19,21-24,26-53H2,1-2H3,(H,58,61)/b25-20-. The van der Waals surface area contributed by atoms with Gasteiger partial charge in [0.05, 0.1) is 25.4 Å². The summed E-state index contributed by atoms with van der Waals surface area (Å²) < 4.78 is 5.47. The Morgan fingerprint density at radius 2 is 0.746 bits per heavy atom. The number of aliphatic hydroxyl groups is 2. The van der Waals surface area contributed by atoms with E-state index in [-0.39, 0.29) is 18.5 Å². The summed E-state index contributed by atoms with van der Waals surface area (Å²) in [4.78, 5) is 24.5. The Bertz CT molecular complexity index is 939. The van der Waals surface area contributed by atoms with Gasteiger partial charge in [-0.3, -0.25) is 9.59 Å². The summed E-state index contributed by atoms with van der Waals surface area (Å²) in [6.07, 6.45) is 61.9. The minimum Gasteiger partial charge on any atom is -0.466 e. The maximum atomic E-state index is 12.5. The number of carbonyl (C=O) groups is 2. The average Bonchev–Trinajstić information content (AvgIpc) is 3.28. The van der Waals surface area contributed by atoms with Gasteiger partial charge in [-0.1, -0.05) is 264 Å². The SMILES string of the molecule is CCCCCCCCC/C=C\CCCCCCCC(=O)OCCCCCCCCCCCCCC(=O)NC(CO)C(O)CCCCCCCCCCCCCCCCCCCCC. The quantitative estimate of drug-likeness (QED) is 0.0321. The minimum atomic E-state index is -0.677. The first-order valence-corrected chi connectivity index (χ1v) is 28.4. The Morgan fingerprint density at radius 3 is 1.13 bits per heavy atom. The van der Waals surface area contributed by atoms with Crippen LogP contribution in [0.3, 0.4) is 0 Å². The van der Waals surface area contributed by atoms with Gasteiger partial charge in [0.1, 0.15) is 0 Å². The van der Waals surface area contributed by atoms with E-state index in [0.29, 0.717) is 25.9 Å². The zero-order valence-corrected chi connectivity index (χ0v) is 42.6. The number of unbranched alkanes of at least 4 members (excludes halogenated alkanes) is 40. The fraction of sp³-hybridized carbons (Fsp3) is 0.930. The first-order chi connectivity index (χ1) is 31.0. The highest BCUT2D eigenvalue weighted by Crippen LogP contribution is 2.17. The second-order valence-electron chi connectivity index (χ2n) is 19.6. The van der Waals surface area contributed by atoms with E-state index in [0.717, 1.165) is 57.8 Å². The van der Waals surface area contributed by atoms with Gasteiger partial charge in [0.15, 0.2) is 0 Å². The Balaban J connectivity index is 3.46. The summed E-state index contributed by atoms with van der Waals surface area (Å²) in [6.45, 7) is 4.93. The van der Waals surface area contributed by atoms with Crippen LogP contribution in [0.1, 0.15) is 316 Å². The highest BCUT2D eigenvalue weighted by molar-refractivity contribution is 5.76. The molecule has 0 aliphatic carbocycles. The second-order valence-corrected chi connectivity index (χ2v) is 19.6. The molecule has 63 heavy (non-hydrogen) atoms. The molecular formula is C57H111NO5. The molecular weight excluding hydrogens is 779 g/mol. The third-order valence-corrected chi connectivity index (χ3v) is 13.3. The number of carbonyl (C=O) groups excluding carboxylic acids is 2. The van der Waals surface area contributed by atoms with Crippen molar-refractivity contribution in [2.24, 2.45) is 0 Å². The van der Waals surface area contributed by atoms with Gasteiger partial charge < -0.3 is 20.3 Å². The Hall–Kier alpha value is -1.40. The molecule has 0 saturated heterocycles. The molecule has 0 aromatic heterocycles. The van der Waals surface area contributed by atoms with E-state index in [1.807, 2.05) is 0 Å². The maximum absolute atomic E-state index is 12.5. The van der Waals surface area contributed by atoms with E-state index < -0.39 is 12.1 Å². The fourth-order valence-corrected chi connectivity index (χ4v) is 8.93. The molecule has 0 bridgehead atoms. The first-order valence-electron chi connectivity index (χ1n) is 28.4. The lowest BCUT2D eigenvalue weighted by Gasteiger charge is -2.22. The number of aliphatic hydroxyl groups excluding tert-OH is 2. The molecule has 0 rings (SSSR count). The van der Waals surface area contributed by atoms with E-state index in [2.05, 4.69) is 31.3 Å². The lowest BCUT2D eigenvalue weighted by molar-refractivity contribution is -0.143. The highest BCUT2D eigenvalue weighted by Gasteiger charge is 2.20. The summed E-state index contributed by atoms with van der Waals surface area (Å²) in [5, 5.41) is 23.3. The molecule has 0 aromatic rings. The number of rotatable bonds is 53.